The van der Waals surface area contributed by atoms with Gasteiger partial charge in [0.1, 0.15) is 18.2 Å². The summed E-state index contributed by atoms with van der Waals surface area (Å²) in [5.41, 5.74) is 9.65. The summed E-state index contributed by atoms with van der Waals surface area (Å²) in [6, 6.07) is 0. The minimum absolute atomic E-state index is 0.0480. The molecule has 1 saturated heterocycles. The molecule has 0 radical (unpaired) electrons. The van der Waals surface area contributed by atoms with Crippen LogP contribution in [-0.2, 0) is 33.3 Å². The van der Waals surface area contributed by atoms with E-state index in [2.05, 4.69) is 31.9 Å². The molecule has 0 unspecified atom stereocenters. The second-order valence-electron chi connectivity index (χ2n) is 10.4. The summed E-state index contributed by atoms with van der Waals surface area (Å²) in [6.45, 7) is 5.66. The quantitative estimate of drug-likeness (QED) is 0.0275. The van der Waals surface area contributed by atoms with Crippen molar-refractivity contribution in [2.45, 2.75) is 122 Å². The fourth-order valence-electron chi connectivity index (χ4n) is 4.91. The van der Waals surface area contributed by atoms with Gasteiger partial charge in [0.05, 0.1) is 6.33 Å². The topological polar surface area (TPSA) is 180 Å². The van der Waals surface area contributed by atoms with Crippen LogP contribution in [-0.4, -0.2) is 68.1 Å². The average Bonchev–Trinajstić information content (AvgIpc) is 3.51. The number of rotatable bonds is 18. The second-order valence-corrected chi connectivity index (χ2v) is 11.5. The molecule has 1 fully saturated rings. The first-order valence-corrected chi connectivity index (χ1v) is 15.8. The van der Waals surface area contributed by atoms with Crippen LogP contribution in [0.15, 0.2) is 16.6 Å². The highest BCUT2D eigenvalue weighted by molar-refractivity contribution is 7.99. The van der Waals surface area contributed by atoms with Crippen molar-refractivity contribution in [2.75, 3.05) is 12.4 Å². The molecule has 2 aromatic heterocycles. The molecule has 3 heterocycles. The molecule has 0 aliphatic carbocycles. The lowest BCUT2D eigenvalue weighted by atomic mass is 10.1. The molecule has 1 aliphatic rings. The molecule has 0 bridgehead atoms. The summed E-state index contributed by atoms with van der Waals surface area (Å²) in [6.07, 6.45) is 9.52. The number of unbranched alkanes of at least 4 members (excludes halogenated alkanes) is 9. The third-order valence-electron chi connectivity index (χ3n) is 6.87. The van der Waals surface area contributed by atoms with Crippen molar-refractivity contribution >= 4 is 46.7 Å². The number of ether oxygens (including phenoxy) is 4. The van der Waals surface area contributed by atoms with Gasteiger partial charge in [0.25, 0.3) is 0 Å². The second kappa shape index (κ2) is 17.6. The number of fused-ring (bicyclic) bond motifs is 1. The first-order valence-electron chi connectivity index (χ1n) is 14.8. The fraction of sp³-hybridized carbons (Fsp3) is 0.714. The van der Waals surface area contributed by atoms with E-state index in [-0.39, 0.29) is 23.6 Å². The number of hydrogen-bond donors (Lipinski definition) is 0. The van der Waals surface area contributed by atoms with E-state index in [9.17, 15) is 14.4 Å². The number of aromatic nitrogens is 4. The summed E-state index contributed by atoms with van der Waals surface area (Å²) >= 11 is 1.44. The van der Waals surface area contributed by atoms with Gasteiger partial charge in [0.2, 0.25) is 0 Å². The van der Waals surface area contributed by atoms with Gasteiger partial charge in [-0.05, 0) is 17.1 Å². The Kier molecular flexibility index (Phi) is 14.0. The Morgan fingerprint density at radius 3 is 2.19 bits per heavy atom. The zero-order chi connectivity index (χ0) is 31.2. The summed E-state index contributed by atoms with van der Waals surface area (Å²) in [5, 5.41) is 4.10. The van der Waals surface area contributed by atoms with Crippen molar-refractivity contribution in [2.24, 2.45) is 5.11 Å². The first-order chi connectivity index (χ1) is 20.7. The van der Waals surface area contributed by atoms with Crippen LogP contribution in [0.2, 0.25) is 0 Å². The van der Waals surface area contributed by atoms with E-state index >= 15 is 0 Å². The van der Waals surface area contributed by atoms with E-state index in [4.69, 9.17) is 24.5 Å². The lowest BCUT2D eigenvalue weighted by Gasteiger charge is -2.23. The Balaban J connectivity index is 1.76. The maximum Gasteiger partial charge on any atom is 0.303 e. The van der Waals surface area contributed by atoms with Gasteiger partial charge in [-0.25, -0.2) is 15.0 Å². The van der Waals surface area contributed by atoms with Gasteiger partial charge >= 0.3 is 17.9 Å². The van der Waals surface area contributed by atoms with Crippen molar-refractivity contribution < 1.29 is 33.3 Å². The van der Waals surface area contributed by atoms with Crippen molar-refractivity contribution in [3.05, 3.63) is 16.8 Å². The largest absolute Gasteiger partial charge is 0.463 e. The number of imidazole rings is 1. The monoisotopic (exact) mass is 619 g/mol. The maximum atomic E-state index is 12.0. The van der Waals surface area contributed by atoms with Gasteiger partial charge in [-0.1, -0.05) is 76.5 Å². The third kappa shape index (κ3) is 10.4. The fourth-order valence-corrected chi connectivity index (χ4v) is 5.75. The zero-order valence-corrected chi connectivity index (χ0v) is 26.1. The molecule has 3 rings (SSSR count). The highest BCUT2D eigenvalue weighted by Crippen LogP contribution is 2.37. The molecule has 1 aliphatic heterocycles. The zero-order valence-electron chi connectivity index (χ0n) is 25.3. The predicted octanol–water partition coefficient (Wildman–Crippen LogP) is 6.11. The highest BCUT2D eigenvalue weighted by Gasteiger charge is 2.51. The van der Waals surface area contributed by atoms with Crippen molar-refractivity contribution in [3.8, 4) is 0 Å². The molecule has 14 nitrogen and oxygen atoms in total. The standard InChI is InChI=1S/C28H41N7O7S/c1-5-6-7-8-9-10-11-12-13-14-15-43-28-31-25(33-34-29)22-26(32-28)35(17-30-22)27-24(41-20(4)38)23(40-19(3)37)21(42-27)16-39-18(2)36/h17,21,23-24,27H,5-16H2,1-4H3/t21-,23-,24-,27-/m1/s1. The van der Waals surface area contributed by atoms with Crippen LogP contribution >= 0.6 is 11.8 Å². The van der Waals surface area contributed by atoms with Gasteiger partial charge in [0, 0.05) is 31.4 Å². The Bertz CT molecular complexity index is 1280. The van der Waals surface area contributed by atoms with E-state index in [0.717, 1.165) is 18.6 Å². The number of thioether (sulfide) groups is 1. The molecule has 236 valence electrons. The minimum atomic E-state index is -1.11. The lowest BCUT2D eigenvalue weighted by Crippen LogP contribution is -2.40. The molecular weight excluding hydrogens is 578 g/mol. The molecule has 43 heavy (non-hydrogen) atoms. The van der Waals surface area contributed by atoms with E-state index in [1.165, 1.54) is 94.8 Å². The van der Waals surface area contributed by atoms with Crippen LogP contribution < -0.4 is 0 Å². The Hall–Kier alpha value is -3.42. The first kappa shape index (κ1) is 34.1. The van der Waals surface area contributed by atoms with Gasteiger partial charge < -0.3 is 18.9 Å². The number of esters is 3. The van der Waals surface area contributed by atoms with Crippen LogP contribution in [0.4, 0.5) is 5.82 Å². The van der Waals surface area contributed by atoms with E-state index < -0.39 is 42.4 Å². The lowest BCUT2D eigenvalue weighted by molar-refractivity contribution is -0.166. The number of nitrogens with zero attached hydrogens (tertiary/aromatic N) is 7. The van der Waals surface area contributed by atoms with Crippen LogP contribution in [0, 0.1) is 0 Å². The minimum Gasteiger partial charge on any atom is -0.463 e. The number of hydrogen-bond acceptors (Lipinski definition) is 12. The third-order valence-corrected chi connectivity index (χ3v) is 7.80. The molecule has 15 heteroatoms. The summed E-state index contributed by atoms with van der Waals surface area (Å²) in [4.78, 5) is 51.7. The summed E-state index contributed by atoms with van der Waals surface area (Å²) < 4.78 is 23.7. The van der Waals surface area contributed by atoms with Crippen LogP contribution in [0.5, 0.6) is 0 Å². The molecule has 4 atom stereocenters. The van der Waals surface area contributed by atoms with Gasteiger partial charge in [-0.15, -0.1) is 0 Å². The molecule has 0 aromatic carbocycles. The van der Waals surface area contributed by atoms with Crippen molar-refractivity contribution in [3.63, 3.8) is 0 Å². The number of carbonyl (C=O) groups is 3. The van der Waals surface area contributed by atoms with E-state index in [1.54, 1.807) is 0 Å². The van der Waals surface area contributed by atoms with E-state index in [0.29, 0.717) is 5.16 Å². The Labute approximate surface area is 255 Å². The van der Waals surface area contributed by atoms with Gasteiger partial charge in [-0.3, -0.25) is 19.0 Å². The summed E-state index contributed by atoms with van der Waals surface area (Å²) in [5.74, 6) is -0.992. The van der Waals surface area contributed by atoms with Gasteiger partial charge in [0.15, 0.2) is 35.1 Å². The Morgan fingerprint density at radius 2 is 1.58 bits per heavy atom. The van der Waals surface area contributed by atoms with Crippen LogP contribution in [0.3, 0.4) is 0 Å². The molecule has 0 saturated carbocycles. The van der Waals surface area contributed by atoms with Gasteiger partial charge in [-0.2, -0.15) is 0 Å². The molecular formula is C28H41N7O7S. The Morgan fingerprint density at radius 1 is 0.953 bits per heavy atom. The highest BCUT2D eigenvalue weighted by atomic mass is 32.2. The summed E-state index contributed by atoms with van der Waals surface area (Å²) in [7, 11) is 0. The van der Waals surface area contributed by atoms with Crippen molar-refractivity contribution in [1.29, 1.82) is 0 Å². The number of azide groups is 1. The van der Waals surface area contributed by atoms with Crippen LogP contribution in [0.1, 0.15) is 98.1 Å². The predicted molar refractivity (Wildman–Crippen MR) is 158 cm³/mol. The number of carbonyl (C=O) groups excluding carboxylic acids is 3. The van der Waals surface area contributed by atoms with E-state index in [1.807, 2.05) is 0 Å². The maximum absolute atomic E-state index is 12.0. The van der Waals surface area contributed by atoms with Crippen LogP contribution in [0.25, 0.3) is 21.6 Å². The normalized spacial score (nSPS) is 19.6. The average molecular weight is 620 g/mol. The molecule has 0 N–H and O–H groups in total. The molecule has 0 spiro atoms. The van der Waals surface area contributed by atoms with Crippen molar-refractivity contribution in [1.82, 2.24) is 19.5 Å². The molecule has 0 amide bonds. The molecule has 2 aromatic rings. The smallest absolute Gasteiger partial charge is 0.303 e. The SMILES string of the molecule is CCCCCCCCCCCCSc1nc(N=[N+]=[N-])c2ncn([C@@H]3O[C@H](COC(C)=O)[C@@H](OC(C)=O)[C@H]3OC(C)=O)c2n1.